The van der Waals surface area contributed by atoms with Crippen LogP contribution in [0.2, 0.25) is 0 Å². The smallest absolute Gasteiger partial charge is 0.343 e. The van der Waals surface area contributed by atoms with Crippen LogP contribution in [-0.4, -0.2) is 20.7 Å². The topological polar surface area (TPSA) is 87.3 Å². The molecule has 0 fully saturated rings. The monoisotopic (exact) mass is 477 g/mol. The van der Waals surface area contributed by atoms with Crippen molar-refractivity contribution in [3.8, 4) is 5.75 Å². The van der Waals surface area contributed by atoms with Gasteiger partial charge in [-0.05, 0) is 78.4 Å². The third-order valence-electron chi connectivity index (χ3n) is 4.07. The molecular formula is C19H16IN3O4. The van der Waals surface area contributed by atoms with Crippen molar-refractivity contribution >= 4 is 34.2 Å². The van der Waals surface area contributed by atoms with Gasteiger partial charge in [0.25, 0.3) is 0 Å². The standard InChI is InChI=1S/C19H16IN3O4/c1-12-18(23(25)26)13(2)22(21-12)11-14-3-5-15(6-4-14)19(24)27-17-9-7-16(20)8-10-17/h3-10H,11H2,1-2H3. The van der Waals surface area contributed by atoms with Gasteiger partial charge in [-0.25, -0.2) is 4.79 Å². The van der Waals surface area contributed by atoms with Gasteiger partial charge in [0.1, 0.15) is 17.1 Å². The summed E-state index contributed by atoms with van der Waals surface area (Å²) in [6.45, 7) is 3.67. The summed E-state index contributed by atoms with van der Waals surface area (Å²) in [4.78, 5) is 22.9. The largest absolute Gasteiger partial charge is 0.423 e. The number of rotatable bonds is 5. The molecule has 138 valence electrons. The van der Waals surface area contributed by atoms with Crippen LogP contribution in [0.25, 0.3) is 0 Å². The van der Waals surface area contributed by atoms with E-state index in [4.69, 9.17) is 4.74 Å². The molecule has 0 amide bonds. The Morgan fingerprint density at radius 3 is 2.33 bits per heavy atom. The normalized spacial score (nSPS) is 10.6. The molecule has 0 saturated carbocycles. The molecule has 0 spiro atoms. The minimum absolute atomic E-state index is 0.0349. The minimum Gasteiger partial charge on any atom is -0.423 e. The van der Waals surface area contributed by atoms with Crippen molar-refractivity contribution in [2.45, 2.75) is 20.4 Å². The van der Waals surface area contributed by atoms with E-state index in [9.17, 15) is 14.9 Å². The van der Waals surface area contributed by atoms with Gasteiger partial charge >= 0.3 is 11.7 Å². The van der Waals surface area contributed by atoms with Crippen LogP contribution in [0.4, 0.5) is 5.69 Å². The number of carbonyl (C=O) groups excluding carboxylic acids is 1. The number of nitrogens with zero attached hydrogens (tertiary/aromatic N) is 3. The lowest BCUT2D eigenvalue weighted by molar-refractivity contribution is -0.386. The average molecular weight is 477 g/mol. The van der Waals surface area contributed by atoms with Crippen LogP contribution in [0.5, 0.6) is 5.75 Å². The fraction of sp³-hybridized carbons (Fsp3) is 0.158. The van der Waals surface area contributed by atoms with E-state index in [1.54, 1.807) is 54.9 Å². The zero-order valence-corrected chi connectivity index (χ0v) is 16.8. The summed E-state index contributed by atoms with van der Waals surface area (Å²) in [6, 6.07) is 14.1. The van der Waals surface area contributed by atoms with Crippen LogP contribution in [0.15, 0.2) is 48.5 Å². The lowest BCUT2D eigenvalue weighted by Gasteiger charge is -2.07. The molecule has 0 aliphatic rings. The molecule has 0 aliphatic carbocycles. The molecule has 3 aromatic rings. The maximum atomic E-state index is 12.2. The first kappa shape index (κ1) is 19.0. The summed E-state index contributed by atoms with van der Waals surface area (Å²) in [5.74, 6) is 0.0453. The van der Waals surface area contributed by atoms with Crippen LogP contribution in [-0.2, 0) is 6.54 Å². The number of halogens is 1. The summed E-state index contributed by atoms with van der Waals surface area (Å²) in [5.41, 5.74) is 2.22. The zero-order valence-electron chi connectivity index (χ0n) is 14.7. The maximum absolute atomic E-state index is 12.2. The average Bonchev–Trinajstić information content (AvgIpc) is 2.91. The van der Waals surface area contributed by atoms with Crippen LogP contribution >= 0.6 is 22.6 Å². The van der Waals surface area contributed by atoms with E-state index < -0.39 is 10.9 Å². The highest BCUT2D eigenvalue weighted by atomic mass is 127. The zero-order chi connectivity index (χ0) is 19.6. The van der Waals surface area contributed by atoms with E-state index in [-0.39, 0.29) is 5.69 Å². The Hall–Kier alpha value is -2.75. The predicted octanol–water partition coefficient (Wildman–Crippen LogP) is 4.28. The molecule has 0 atom stereocenters. The molecule has 2 aromatic carbocycles. The highest BCUT2D eigenvalue weighted by Crippen LogP contribution is 2.22. The molecule has 0 bridgehead atoms. The third-order valence-corrected chi connectivity index (χ3v) is 4.79. The summed E-state index contributed by atoms with van der Waals surface area (Å²) in [7, 11) is 0. The molecular weight excluding hydrogens is 461 g/mol. The van der Waals surface area contributed by atoms with Crippen LogP contribution in [0.3, 0.4) is 0 Å². The lowest BCUT2D eigenvalue weighted by atomic mass is 10.1. The molecule has 7 nitrogen and oxygen atoms in total. The molecule has 0 unspecified atom stereocenters. The third kappa shape index (κ3) is 4.33. The van der Waals surface area contributed by atoms with Crippen LogP contribution in [0, 0.1) is 27.5 Å². The number of aryl methyl sites for hydroxylation is 1. The van der Waals surface area contributed by atoms with E-state index in [2.05, 4.69) is 27.7 Å². The number of aromatic nitrogens is 2. The minimum atomic E-state index is -0.440. The fourth-order valence-electron chi connectivity index (χ4n) is 2.69. The molecule has 1 heterocycles. The molecule has 8 heteroatoms. The van der Waals surface area contributed by atoms with Crippen molar-refractivity contribution < 1.29 is 14.5 Å². The van der Waals surface area contributed by atoms with Crippen molar-refractivity contribution in [1.29, 1.82) is 0 Å². The Labute approximate surface area is 169 Å². The number of hydrogen-bond donors (Lipinski definition) is 0. The predicted molar refractivity (Wildman–Crippen MR) is 108 cm³/mol. The van der Waals surface area contributed by atoms with Crippen molar-refractivity contribution in [3.05, 3.63) is 84.7 Å². The molecule has 27 heavy (non-hydrogen) atoms. The molecule has 0 N–H and O–H groups in total. The van der Waals surface area contributed by atoms with E-state index in [0.29, 0.717) is 29.2 Å². The quantitative estimate of drug-likeness (QED) is 0.180. The first-order valence-electron chi connectivity index (χ1n) is 8.10. The van der Waals surface area contributed by atoms with Gasteiger partial charge in [-0.2, -0.15) is 5.10 Å². The van der Waals surface area contributed by atoms with Crippen molar-refractivity contribution in [1.82, 2.24) is 9.78 Å². The van der Waals surface area contributed by atoms with E-state index in [1.807, 2.05) is 12.1 Å². The van der Waals surface area contributed by atoms with Gasteiger partial charge < -0.3 is 4.74 Å². The van der Waals surface area contributed by atoms with Gasteiger partial charge in [-0.15, -0.1) is 0 Å². The van der Waals surface area contributed by atoms with Gasteiger partial charge in [-0.1, -0.05) is 12.1 Å². The van der Waals surface area contributed by atoms with Crippen molar-refractivity contribution in [2.75, 3.05) is 0 Å². The summed E-state index contributed by atoms with van der Waals surface area (Å²) in [5, 5.41) is 15.3. The molecule has 0 aliphatic heterocycles. The second-order valence-electron chi connectivity index (χ2n) is 5.97. The maximum Gasteiger partial charge on any atom is 0.343 e. The summed E-state index contributed by atoms with van der Waals surface area (Å²) >= 11 is 2.18. The Balaban J connectivity index is 1.72. The number of ether oxygens (including phenoxy) is 1. The second-order valence-corrected chi connectivity index (χ2v) is 7.22. The van der Waals surface area contributed by atoms with Crippen LogP contribution in [0.1, 0.15) is 27.3 Å². The van der Waals surface area contributed by atoms with E-state index in [1.165, 1.54) is 0 Å². The first-order valence-corrected chi connectivity index (χ1v) is 9.18. The highest BCUT2D eigenvalue weighted by molar-refractivity contribution is 14.1. The fourth-order valence-corrected chi connectivity index (χ4v) is 3.05. The van der Waals surface area contributed by atoms with Gasteiger partial charge in [0.15, 0.2) is 0 Å². The van der Waals surface area contributed by atoms with Gasteiger partial charge in [-0.3, -0.25) is 14.8 Å². The second kappa shape index (κ2) is 7.87. The Bertz CT molecular complexity index is 995. The van der Waals surface area contributed by atoms with Crippen molar-refractivity contribution in [2.24, 2.45) is 0 Å². The van der Waals surface area contributed by atoms with Crippen LogP contribution < -0.4 is 4.74 Å². The number of benzene rings is 2. The van der Waals surface area contributed by atoms with Crippen molar-refractivity contribution in [3.63, 3.8) is 0 Å². The Morgan fingerprint density at radius 2 is 1.78 bits per heavy atom. The molecule has 0 saturated heterocycles. The van der Waals surface area contributed by atoms with Gasteiger partial charge in [0.05, 0.1) is 17.0 Å². The SMILES string of the molecule is Cc1nn(Cc2ccc(C(=O)Oc3ccc(I)cc3)cc2)c(C)c1[N+](=O)[O-]. The molecule has 0 radical (unpaired) electrons. The van der Waals surface area contributed by atoms with Gasteiger partial charge in [0.2, 0.25) is 0 Å². The molecule has 3 rings (SSSR count). The van der Waals surface area contributed by atoms with E-state index >= 15 is 0 Å². The summed E-state index contributed by atoms with van der Waals surface area (Å²) in [6.07, 6.45) is 0. The number of nitro groups is 1. The lowest BCUT2D eigenvalue weighted by Crippen LogP contribution is -2.09. The summed E-state index contributed by atoms with van der Waals surface area (Å²) < 4.78 is 7.99. The number of carbonyl (C=O) groups is 1. The Morgan fingerprint density at radius 1 is 1.15 bits per heavy atom. The van der Waals surface area contributed by atoms with E-state index in [0.717, 1.165) is 9.13 Å². The van der Waals surface area contributed by atoms with Gasteiger partial charge in [0, 0.05) is 3.57 Å². The Kier molecular flexibility index (Phi) is 5.54. The highest BCUT2D eigenvalue weighted by Gasteiger charge is 2.21. The number of esters is 1. The number of hydrogen-bond acceptors (Lipinski definition) is 5. The first-order chi connectivity index (χ1) is 12.8. The molecule has 1 aromatic heterocycles.